The predicted octanol–water partition coefficient (Wildman–Crippen LogP) is 1.17. The van der Waals surface area contributed by atoms with Crippen LogP contribution in [0.3, 0.4) is 0 Å². The van der Waals surface area contributed by atoms with Gasteiger partial charge in [-0.1, -0.05) is 0 Å². The van der Waals surface area contributed by atoms with Crippen LogP contribution in [0, 0.1) is 0 Å². The number of esters is 1. The number of aliphatic carboxylic acids is 1. The van der Waals surface area contributed by atoms with Gasteiger partial charge in [-0.25, -0.2) is 9.59 Å². The van der Waals surface area contributed by atoms with Crippen molar-refractivity contribution < 1.29 is 19.4 Å². The molecule has 0 amide bonds. The number of rotatable bonds is 4. The fraction of sp³-hybridized carbons (Fsp3) is 0.417. The minimum absolute atomic E-state index is 0.0538. The van der Waals surface area contributed by atoms with E-state index in [0.717, 1.165) is 4.47 Å². The minimum atomic E-state index is -0.992. The highest BCUT2D eigenvalue weighted by Crippen LogP contribution is 2.19. The van der Waals surface area contributed by atoms with E-state index < -0.39 is 23.5 Å². The largest absolute Gasteiger partial charge is 0.480 e. The van der Waals surface area contributed by atoms with Crippen LogP contribution in [0.1, 0.15) is 23.8 Å². The van der Waals surface area contributed by atoms with Crippen LogP contribution < -0.4 is 5.32 Å². The second kappa shape index (κ2) is 5.66. The van der Waals surface area contributed by atoms with Crippen LogP contribution in [0.5, 0.6) is 0 Å². The first-order valence-electron chi connectivity index (χ1n) is 5.93. The second-order valence-electron chi connectivity index (χ2n) is 4.85. The van der Waals surface area contributed by atoms with Gasteiger partial charge in [0.1, 0.15) is 12.3 Å². The molecule has 1 aliphatic heterocycles. The fourth-order valence-corrected chi connectivity index (χ4v) is 2.20. The van der Waals surface area contributed by atoms with E-state index in [2.05, 4.69) is 31.2 Å². The number of nitrogens with one attached hydrogen (secondary N) is 2. The number of carboxylic acids is 1. The molecular weight excluding hydrogens is 330 g/mol. The number of H-pyrrole nitrogens is 1. The van der Waals surface area contributed by atoms with Gasteiger partial charge in [0.25, 0.3) is 0 Å². The van der Waals surface area contributed by atoms with Gasteiger partial charge in [0, 0.05) is 17.1 Å². The summed E-state index contributed by atoms with van der Waals surface area (Å²) in [7, 11) is 0. The molecule has 0 bridgehead atoms. The fourth-order valence-electron chi connectivity index (χ4n) is 1.86. The molecule has 1 unspecified atom stereocenters. The number of carboxylic acid groups (broad SMARTS) is 1. The molecule has 2 atom stereocenters. The van der Waals surface area contributed by atoms with E-state index in [4.69, 9.17) is 9.84 Å². The molecule has 2 rings (SSSR count). The Morgan fingerprint density at radius 2 is 2.40 bits per heavy atom. The van der Waals surface area contributed by atoms with Gasteiger partial charge in [0.05, 0.1) is 11.9 Å². The lowest BCUT2D eigenvalue weighted by Crippen LogP contribution is -2.52. The number of nitrogens with zero attached hydrogens (tertiary/aromatic N) is 1. The van der Waals surface area contributed by atoms with Crippen molar-refractivity contribution in [3.05, 3.63) is 22.4 Å². The Labute approximate surface area is 123 Å². The monoisotopic (exact) mass is 343 g/mol. The van der Waals surface area contributed by atoms with E-state index in [1.807, 2.05) is 0 Å². The molecule has 0 spiro atoms. The van der Waals surface area contributed by atoms with Gasteiger partial charge < -0.3 is 20.1 Å². The Kier molecular flexibility index (Phi) is 4.12. The zero-order chi connectivity index (χ0) is 14.8. The Bertz CT molecular complexity index is 557. The maximum atomic E-state index is 11.8. The lowest BCUT2D eigenvalue weighted by Gasteiger charge is -2.33. The predicted molar refractivity (Wildman–Crippen MR) is 74.8 cm³/mol. The molecule has 1 aromatic heterocycles. The van der Waals surface area contributed by atoms with Crippen LogP contribution in [0.4, 0.5) is 0 Å². The average Bonchev–Trinajstić information content (AvgIpc) is 2.83. The van der Waals surface area contributed by atoms with E-state index in [9.17, 15) is 9.59 Å². The zero-order valence-corrected chi connectivity index (χ0v) is 12.3. The highest BCUT2D eigenvalue weighted by Gasteiger charge is 2.34. The first-order chi connectivity index (χ1) is 9.39. The summed E-state index contributed by atoms with van der Waals surface area (Å²) in [4.78, 5) is 29.3. The summed E-state index contributed by atoms with van der Waals surface area (Å²) in [5.41, 5.74) is -0.315. The van der Waals surface area contributed by atoms with Crippen molar-refractivity contribution in [2.24, 2.45) is 4.99 Å². The molecule has 3 N–H and O–H groups in total. The molecule has 8 heteroatoms. The second-order valence-corrected chi connectivity index (χ2v) is 5.76. The van der Waals surface area contributed by atoms with E-state index in [-0.39, 0.29) is 13.0 Å². The van der Waals surface area contributed by atoms with Crippen molar-refractivity contribution in [3.8, 4) is 0 Å². The third kappa shape index (κ3) is 3.38. The zero-order valence-electron chi connectivity index (χ0n) is 10.7. The average molecular weight is 344 g/mol. The molecule has 7 nitrogen and oxygen atoms in total. The van der Waals surface area contributed by atoms with E-state index >= 15 is 0 Å². The van der Waals surface area contributed by atoms with Gasteiger partial charge in [0.15, 0.2) is 6.04 Å². The third-order valence-corrected chi connectivity index (χ3v) is 3.44. The Morgan fingerprint density at radius 3 is 3.00 bits per heavy atom. The van der Waals surface area contributed by atoms with Crippen LogP contribution in [0.25, 0.3) is 0 Å². The van der Waals surface area contributed by atoms with Crippen LogP contribution in [0.15, 0.2) is 21.7 Å². The van der Waals surface area contributed by atoms with Gasteiger partial charge in [-0.3, -0.25) is 4.99 Å². The summed E-state index contributed by atoms with van der Waals surface area (Å²) in [5.74, 6) is -1.48. The number of carbonyl (C=O) groups is 2. The topological polar surface area (TPSA) is 104 Å². The number of aliphatic imine (C=N–C) groups is 1. The molecule has 0 aromatic carbocycles. The maximum absolute atomic E-state index is 11.8. The summed E-state index contributed by atoms with van der Waals surface area (Å²) in [5, 5.41) is 11.9. The van der Waals surface area contributed by atoms with Gasteiger partial charge in [-0.05, 0) is 28.9 Å². The molecule has 0 saturated heterocycles. The van der Waals surface area contributed by atoms with E-state index in [1.54, 1.807) is 19.2 Å². The normalized spacial score (nSPS) is 25.0. The lowest BCUT2D eigenvalue weighted by molar-refractivity contribution is -0.139. The van der Waals surface area contributed by atoms with Crippen molar-refractivity contribution in [1.82, 2.24) is 10.3 Å². The van der Waals surface area contributed by atoms with Gasteiger partial charge in [-0.2, -0.15) is 0 Å². The summed E-state index contributed by atoms with van der Waals surface area (Å²) in [6, 6.07) is 0.792. The van der Waals surface area contributed by atoms with Crippen LogP contribution in [-0.4, -0.2) is 46.6 Å². The van der Waals surface area contributed by atoms with Gasteiger partial charge in [0.2, 0.25) is 0 Å². The number of halogens is 1. The number of ether oxygens (including phenoxy) is 1. The molecule has 1 aliphatic rings. The SMILES string of the molecule is CC1(COC(=O)c2cc(Br)c[nH]2)C[C@H](C(=O)O)N=CN1. The van der Waals surface area contributed by atoms with Crippen LogP contribution >= 0.6 is 15.9 Å². The first kappa shape index (κ1) is 14.6. The Balaban J connectivity index is 1.94. The van der Waals surface area contributed by atoms with E-state index in [1.165, 1.54) is 6.34 Å². The highest BCUT2D eigenvalue weighted by atomic mass is 79.9. The molecule has 2 heterocycles. The number of hydrogen-bond acceptors (Lipinski definition) is 5. The number of aromatic amines is 1. The number of aromatic nitrogens is 1. The molecule has 0 fully saturated rings. The Hall–Kier alpha value is -1.83. The Morgan fingerprint density at radius 1 is 1.65 bits per heavy atom. The van der Waals surface area contributed by atoms with Gasteiger partial charge in [-0.15, -0.1) is 0 Å². The summed E-state index contributed by atoms with van der Waals surface area (Å²) < 4.78 is 5.96. The number of carbonyl (C=O) groups excluding carboxylic acids is 1. The summed E-state index contributed by atoms with van der Waals surface area (Å²) in [6.45, 7) is 1.84. The summed E-state index contributed by atoms with van der Waals surface area (Å²) >= 11 is 3.23. The molecule has 108 valence electrons. The molecule has 20 heavy (non-hydrogen) atoms. The van der Waals surface area contributed by atoms with Gasteiger partial charge >= 0.3 is 11.9 Å². The molecule has 0 aliphatic carbocycles. The molecule has 0 saturated carbocycles. The highest BCUT2D eigenvalue weighted by molar-refractivity contribution is 9.10. The maximum Gasteiger partial charge on any atom is 0.354 e. The molecular formula is C12H14BrN3O4. The smallest absolute Gasteiger partial charge is 0.354 e. The van der Waals surface area contributed by atoms with Crippen molar-refractivity contribution in [1.29, 1.82) is 0 Å². The van der Waals surface area contributed by atoms with Crippen molar-refractivity contribution >= 4 is 34.2 Å². The standard InChI is InChI=1S/C12H14BrN3O4/c1-12(3-9(10(17)18)15-6-16-12)5-20-11(19)8-2-7(13)4-14-8/h2,4,6,9,14H,3,5H2,1H3,(H,15,16)(H,17,18)/t9-,12?/m1/s1. The van der Waals surface area contributed by atoms with E-state index in [0.29, 0.717) is 5.69 Å². The summed E-state index contributed by atoms with van der Waals surface area (Å²) in [6.07, 6.45) is 3.23. The molecule has 1 aromatic rings. The van der Waals surface area contributed by atoms with Crippen LogP contribution in [0.2, 0.25) is 0 Å². The number of hydrogen-bond donors (Lipinski definition) is 3. The van der Waals surface area contributed by atoms with Crippen molar-refractivity contribution in [3.63, 3.8) is 0 Å². The third-order valence-electron chi connectivity index (χ3n) is 2.99. The molecule has 0 radical (unpaired) electrons. The first-order valence-corrected chi connectivity index (χ1v) is 6.72. The van der Waals surface area contributed by atoms with Crippen molar-refractivity contribution in [2.45, 2.75) is 24.9 Å². The minimum Gasteiger partial charge on any atom is -0.480 e. The van der Waals surface area contributed by atoms with Crippen LogP contribution in [-0.2, 0) is 9.53 Å². The van der Waals surface area contributed by atoms with Crippen molar-refractivity contribution in [2.75, 3.05) is 6.61 Å². The quantitative estimate of drug-likeness (QED) is 0.712. The lowest BCUT2D eigenvalue weighted by atomic mass is 9.93.